The van der Waals surface area contributed by atoms with Gasteiger partial charge in [-0.15, -0.1) is 0 Å². The summed E-state index contributed by atoms with van der Waals surface area (Å²) in [5.41, 5.74) is 1.14. The number of nitrogens with one attached hydrogen (secondary N) is 1. The highest BCUT2D eigenvalue weighted by Gasteiger charge is 2.03. The Morgan fingerprint density at radius 2 is 2.17 bits per heavy atom. The summed E-state index contributed by atoms with van der Waals surface area (Å²) in [6, 6.07) is 7.86. The quantitative estimate of drug-likeness (QED) is 0.581. The van der Waals surface area contributed by atoms with Crippen molar-refractivity contribution < 1.29 is 14.9 Å². The van der Waals surface area contributed by atoms with Gasteiger partial charge in [0.15, 0.2) is 0 Å². The van der Waals surface area contributed by atoms with Crippen molar-refractivity contribution in [2.75, 3.05) is 20.3 Å². The van der Waals surface area contributed by atoms with Gasteiger partial charge in [0.25, 0.3) is 0 Å². The number of benzene rings is 1. The van der Waals surface area contributed by atoms with E-state index in [9.17, 15) is 5.11 Å². The maximum absolute atomic E-state index is 9.69. The van der Waals surface area contributed by atoms with Crippen LogP contribution in [-0.2, 0) is 6.54 Å². The standard InChI is InChI=1S/C14H23NO3/c1-18-14-7-4-5-12(9-14)10-15-11-13(17)6-2-3-8-16/h4-5,7,9,13,15-17H,2-3,6,8,10-11H2,1H3. The molecule has 1 atom stereocenters. The third kappa shape index (κ3) is 6.00. The molecule has 0 spiro atoms. The number of methoxy groups -OCH3 is 1. The third-order valence-electron chi connectivity index (χ3n) is 2.79. The zero-order valence-electron chi connectivity index (χ0n) is 10.9. The molecule has 0 fully saturated rings. The van der Waals surface area contributed by atoms with Crippen LogP contribution in [0.1, 0.15) is 24.8 Å². The van der Waals surface area contributed by atoms with E-state index in [0.29, 0.717) is 13.1 Å². The molecular formula is C14H23NO3. The first-order chi connectivity index (χ1) is 8.76. The first kappa shape index (κ1) is 15.0. The minimum absolute atomic E-state index is 0.198. The van der Waals surface area contributed by atoms with Crippen molar-refractivity contribution in [2.45, 2.75) is 31.9 Å². The molecule has 1 aromatic rings. The van der Waals surface area contributed by atoms with Gasteiger partial charge in [-0.25, -0.2) is 0 Å². The minimum Gasteiger partial charge on any atom is -0.497 e. The molecule has 1 rings (SSSR count). The summed E-state index contributed by atoms with van der Waals surface area (Å²) in [6.45, 7) is 1.49. The van der Waals surface area contributed by atoms with Gasteiger partial charge in [0, 0.05) is 19.7 Å². The van der Waals surface area contributed by atoms with Crippen molar-refractivity contribution in [3.8, 4) is 5.75 Å². The molecule has 0 aliphatic carbocycles. The van der Waals surface area contributed by atoms with Crippen LogP contribution in [0.2, 0.25) is 0 Å². The molecule has 18 heavy (non-hydrogen) atoms. The van der Waals surface area contributed by atoms with Gasteiger partial charge in [-0.3, -0.25) is 0 Å². The van der Waals surface area contributed by atoms with Crippen LogP contribution in [-0.4, -0.2) is 36.6 Å². The van der Waals surface area contributed by atoms with Crippen LogP contribution in [0.3, 0.4) is 0 Å². The molecule has 1 aromatic carbocycles. The molecule has 4 nitrogen and oxygen atoms in total. The lowest BCUT2D eigenvalue weighted by molar-refractivity contribution is 0.154. The second-order valence-electron chi connectivity index (χ2n) is 4.36. The van der Waals surface area contributed by atoms with Gasteiger partial charge in [-0.05, 0) is 37.0 Å². The summed E-state index contributed by atoms with van der Waals surface area (Å²) in [5.74, 6) is 0.845. The van der Waals surface area contributed by atoms with E-state index in [1.165, 1.54) is 0 Å². The minimum atomic E-state index is -0.345. The monoisotopic (exact) mass is 253 g/mol. The number of aliphatic hydroxyl groups excluding tert-OH is 2. The molecule has 0 saturated heterocycles. The summed E-state index contributed by atoms with van der Waals surface area (Å²) in [5, 5.41) is 21.5. The van der Waals surface area contributed by atoms with Crippen LogP contribution in [0, 0.1) is 0 Å². The second-order valence-corrected chi connectivity index (χ2v) is 4.36. The maximum Gasteiger partial charge on any atom is 0.119 e. The number of hydrogen-bond acceptors (Lipinski definition) is 4. The molecule has 3 N–H and O–H groups in total. The van der Waals surface area contributed by atoms with E-state index in [4.69, 9.17) is 9.84 Å². The fourth-order valence-electron chi connectivity index (χ4n) is 1.76. The van der Waals surface area contributed by atoms with Crippen molar-refractivity contribution in [1.82, 2.24) is 5.32 Å². The smallest absolute Gasteiger partial charge is 0.119 e. The summed E-state index contributed by atoms with van der Waals surface area (Å²) >= 11 is 0. The van der Waals surface area contributed by atoms with Gasteiger partial charge < -0.3 is 20.3 Å². The van der Waals surface area contributed by atoms with E-state index in [1.807, 2.05) is 24.3 Å². The Balaban J connectivity index is 2.20. The average Bonchev–Trinajstić information content (AvgIpc) is 2.39. The summed E-state index contributed by atoms with van der Waals surface area (Å²) < 4.78 is 5.15. The highest BCUT2D eigenvalue weighted by atomic mass is 16.5. The Morgan fingerprint density at radius 1 is 1.33 bits per heavy atom. The first-order valence-corrected chi connectivity index (χ1v) is 6.39. The first-order valence-electron chi connectivity index (χ1n) is 6.39. The highest BCUT2D eigenvalue weighted by Crippen LogP contribution is 2.12. The largest absolute Gasteiger partial charge is 0.497 e. The number of aliphatic hydroxyl groups is 2. The third-order valence-corrected chi connectivity index (χ3v) is 2.79. The molecule has 0 aliphatic heterocycles. The van der Waals surface area contributed by atoms with Crippen molar-refractivity contribution in [3.63, 3.8) is 0 Å². The number of rotatable bonds is 9. The zero-order valence-corrected chi connectivity index (χ0v) is 10.9. The predicted molar refractivity (Wildman–Crippen MR) is 71.6 cm³/mol. The molecule has 0 aliphatic rings. The Kier molecular flexibility index (Phi) is 7.41. The number of ether oxygens (including phenoxy) is 1. The number of unbranched alkanes of at least 4 members (excludes halogenated alkanes) is 1. The van der Waals surface area contributed by atoms with Crippen LogP contribution in [0.25, 0.3) is 0 Å². The Morgan fingerprint density at radius 3 is 2.89 bits per heavy atom. The lowest BCUT2D eigenvalue weighted by Crippen LogP contribution is -2.26. The lowest BCUT2D eigenvalue weighted by atomic mass is 10.1. The molecule has 4 heteroatoms. The predicted octanol–water partition coefficient (Wildman–Crippen LogP) is 1.31. The normalized spacial score (nSPS) is 12.4. The Bertz CT molecular complexity index is 331. The molecule has 0 aromatic heterocycles. The van der Waals surface area contributed by atoms with Crippen LogP contribution < -0.4 is 10.1 Å². The van der Waals surface area contributed by atoms with Gasteiger partial charge in [-0.1, -0.05) is 12.1 Å². The lowest BCUT2D eigenvalue weighted by Gasteiger charge is -2.11. The van der Waals surface area contributed by atoms with E-state index in [2.05, 4.69) is 5.32 Å². The summed E-state index contributed by atoms with van der Waals surface area (Å²) in [7, 11) is 1.65. The molecule has 0 heterocycles. The van der Waals surface area contributed by atoms with Crippen LogP contribution in [0.5, 0.6) is 5.75 Å². The zero-order chi connectivity index (χ0) is 13.2. The fourth-order valence-corrected chi connectivity index (χ4v) is 1.76. The molecular weight excluding hydrogens is 230 g/mol. The van der Waals surface area contributed by atoms with Crippen LogP contribution in [0.4, 0.5) is 0 Å². The van der Waals surface area contributed by atoms with Crippen LogP contribution >= 0.6 is 0 Å². The van der Waals surface area contributed by atoms with Crippen molar-refractivity contribution >= 4 is 0 Å². The topological polar surface area (TPSA) is 61.7 Å². The molecule has 1 unspecified atom stereocenters. The van der Waals surface area contributed by atoms with Crippen molar-refractivity contribution in [1.29, 1.82) is 0 Å². The highest BCUT2D eigenvalue weighted by molar-refractivity contribution is 5.28. The summed E-state index contributed by atoms with van der Waals surface area (Å²) in [6.07, 6.45) is 2.00. The second kappa shape index (κ2) is 8.91. The van der Waals surface area contributed by atoms with Crippen molar-refractivity contribution in [2.24, 2.45) is 0 Å². The molecule has 0 radical (unpaired) electrons. The van der Waals surface area contributed by atoms with Gasteiger partial charge >= 0.3 is 0 Å². The Labute approximate surface area is 109 Å². The van der Waals surface area contributed by atoms with E-state index in [0.717, 1.165) is 30.6 Å². The SMILES string of the molecule is COc1cccc(CNCC(O)CCCCO)c1. The molecule has 0 amide bonds. The maximum atomic E-state index is 9.69. The molecule has 102 valence electrons. The van der Waals surface area contributed by atoms with E-state index >= 15 is 0 Å². The van der Waals surface area contributed by atoms with E-state index in [1.54, 1.807) is 7.11 Å². The van der Waals surface area contributed by atoms with Gasteiger partial charge in [0.05, 0.1) is 13.2 Å². The van der Waals surface area contributed by atoms with Gasteiger partial charge in [0.2, 0.25) is 0 Å². The van der Waals surface area contributed by atoms with Crippen molar-refractivity contribution in [3.05, 3.63) is 29.8 Å². The van der Waals surface area contributed by atoms with Gasteiger partial charge in [-0.2, -0.15) is 0 Å². The fraction of sp³-hybridized carbons (Fsp3) is 0.571. The molecule has 0 bridgehead atoms. The van der Waals surface area contributed by atoms with Gasteiger partial charge in [0.1, 0.15) is 5.75 Å². The number of hydrogen-bond donors (Lipinski definition) is 3. The van der Waals surface area contributed by atoms with E-state index in [-0.39, 0.29) is 12.7 Å². The van der Waals surface area contributed by atoms with E-state index < -0.39 is 0 Å². The average molecular weight is 253 g/mol. The van der Waals surface area contributed by atoms with Crippen LogP contribution in [0.15, 0.2) is 24.3 Å². The summed E-state index contributed by atoms with van der Waals surface area (Å²) in [4.78, 5) is 0. The Hall–Kier alpha value is -1.10. The molecule has 0 saturated carbocycles.